The van der Waals surface area contributed by atoms with Crippen LogP contribution in [-0.4, -0.2) is 37.3 Å². The number of nitrogens with zero attached hydrogens (tertiary/aromatic N) is 1. The van der Waals surface area contributed by atoms with Crippen molar-refractivity contribution >= 4 is 69.3 Å². The molecule has 0 spiro atoms. The summed E-state index contributed by atoms with van der Waals surface area (Å²) in [6.07, 6.45) is 0. The van der Waals surface area contributed by atoms with Crippen LogP contribution in [0.3, 0.4) is 0 Å². The average Bonchev–Trinajstić information content (AvgIpc) is 2.53. The fraction of sp³-hybridized carbons (Fsp3) is 0.818. The Morgan fingerprint density at radius 1 is 1.47 bits per heavy atom. The number of carbonyl (C=O) groups is 1. The van der Waals surface area contributed by atoms with Gasteiger partial charge in [-0.25, -0.2) is 9.79 Å². The van der Waals surface area contributed by atoms with E-state index in [-0.39, 0.29) is 5.90 Å². The van der Waals surface area contributed by atoms with Crippen molar-refractivity contribution in [2.75, 3.05) is 4.43 Å². The number of hydrogen-bond acceptors (Lipinski definition) is 4. The van der Waals surface area contributed by atoms with Crippen molar-refractivity contribution in [1.29, 1.82) is 0 Å². The largest absolute Gasteiger partial charge is 0.457 e. The fourth-order valence-corrected chi connectivity index (χ4v) is 2.83. The maximum Gasteiger partial charge on any atom is 0.354 e. The molecule has 2 atom stereocenters. The van der Waals surface area contributed by atoms with E-state index in [9.17, 15) is 4.79 Å². The Bertz CT molecular complexity index is 403. The molecule has 1 aliphatic heterocycles. The van der Waals surface area contributed by atoms with Crippen LogP contribution in [0.25, 0.3) is 0 Å². The van der Waals surface area contributed by atoms with E-state index < -0.39 is 27.0 Å². The lowest BCUT2D eigenvalue weighted by Crippen LogP contribution is -2.52. The van der Waals surface area contributed by atoms with Gasteiger partial charge in [-0.2, -0.15) is 0 Å². The van der Waals surface area contributed by atoms with Gasteiger partial charge in [0.2, 0.25) is 11.5 Å². The Kier molecular flexibility index (Phi) is 5.31. The Morgan fingerprint density at radius 3 is 2.32 bits per heavy atom. The Balaban J connectivity index is 3.00. The minimum atomic E-state index is -1.79. The summed E-state index contributed by atoms with van der Waals surface area (Å²) in [6, 6.07) is -0.482. The topological polar surface area (TPSA) is 47.9 Å². The first-order valence-electron chi connectivity index (χ1n) is 5.56. The lowest BCUT2D eigenvalue weighted by atomic mass is 9.99. The Hall–Kier alpha value is 0.540. The molecule has 4 nitrogen and oxygen atoms in total. The van der Waals surface area contributed by atoms with Crippen LogP contribution in [0.5, 0.6) is 0 Å². The summed E-state index contributed by atoms with van der Waals surface area (Å²) >= 11 is 19.3. The molecule has 0 aromatic carbocycles. The van der Waals surface area contributed by atoms with E-state index in [1.165, 1.54) is 0 Å². The molecule has 0 unspecified atom stereocenters. The summed E-state index contributed by atoms with van der Waals surface area (Å²) in [5.74, 6) is -0.581. The van der Waals surface area contributed by atoms with Crippen LogP contribution in [0.15, 0.2) is 4.99 Å². The quantitative estimate of drug-likeness (QED) is 0.372. The normalized spacial score (nSPS) is 27.8. The van der Waals surface area contributed by atoms with Gasteiger partial charge in [-0.3, -0.25) is 0 Å². The molecule has 0 aromatic rings. The lowest BCUT2D eigenvalue weighted by Gasteiger charge is -2.32. The summed E-state index contributed by atoms with van der Waals surface area (Å²) in [5, 5.41) is 0. The highest BCUT2D eigenvalue weighted by molar-refractivity contribution is 14.1. The number of halogens is 4. The summed E-state index contributed by atoms with van der Waals surface area (Å²) in [7, 11) is 0. The molecule has 0 saturated carbocycles. The second-order valence-corrected chi connectivity index (χ2v) is 8.28. The minimum absolute atomic E-state index is 0.0764. The second kappa shape index (κ2) is 5.73. The molecule has 0 aliphatic carbocycles. The molecule has 0 amide bonds. The van der Waals surface area contributed by atoms with Crippen LogP contribution < -0.4 is 0 Å². The maximum absolute atomic E-state index is 12.3. The van der Waals surface area contributed by atoms with Crippen LogP contribution in [0.4, 0.5) is 0 Å². The zero-order valence-corrected chi connectivity index (χ0v) is 15.4. The van der Waals surface area contributed by atoms with Crippen molar-refractivity contribution in [2.24, 2.45) is 4.99 Å². The molecule has 19 heavy (non-hydrogen) atoms. The molecule has 0 fully saturated rings. The number of rotatable bonds is 2. The van der Waals surface area contributed by atoms with E-state index in [2.05, 4.69) is 4.99 Å². The van der Waals surface area contributed by atoms with E-state index in [1.54, 1.807) is 27.7 Å². The van der Waals surface area contributed by atoms with Gasteiger partial charge in [0.1, 0.15) is 11.6 Å². The highest BCUT2D eigenvalue weighted by Crippen LogP contribution is 2.39. The molecular weight excluding hydrogens is 427 g/mol. The number of alkyl halides is 4. The van der Waals surface area contributed by atoms with Gasteiger partial charge in [0, 0.05) is 0 Å². The summed E-state index contributed by atoms with van der Waals surface area (Å²) in [4.78, 5) is 16.5. The third-order valence-corrected chi connectivity index (χ3v) is 4.07. The zero-order chi connectivity index (χ0) is 15.1. The SMILES string of the molecule is C[C@@H]1N=C(C(Cl)(Cl)Cl)O[C@@]1(CI)C(=O)OC(C)(C)C. The van der Waals surface area contributed by atoms with E-state index in [0.29, 0.717) is 4.43 Å². The van der Waals surface area contributed by atoms with E-state index >= 15 is 0 Å². The van der Waals surface area contributed by atoms with Gasteiger partial charge >= 0.3 is 5.97 Å². The number of hydrogen-bond donors (Lipinski definition) is 0. The Labute approximate surface area is 141 Å². The molecule has 0 N–H and O–H groups in total. The predicted octanol–water partition coefficient (Wildman–Crippen LogP) is 3.69. The summed E-state index contributed by atoms with van der Waals surface area (Å²) in [5.41, 5.74) is -1.87. The van der Waals surface area contributed by atoms with Crippen molar-refractivity contribution in [3.63, 3.8) is 0 Å². The second-order valence-electron chi connectivity index (χ2n) is 5.24. The van der Waals surface area contributed by atoms with Gasteiger partial charge in [-0.1, -0.05) is 57.4 Å². The van der Waals surface area contributed by atoms with Crippen molar-refractivity contribution in [2.45, 2.75) is 48.7 Å². The molecule has 0 saturated heterocycles. The molecule has 0 aromatic heterocycles. The van der Waals surface area contributed by atoms with Gasteiger partial charge in [0.15, 0.2) is 0 Å². The molecule has 1 rings (SSSR count). The van der Waals surface area contributed by atoms with E-state index in [0.717, 1.165) is 0 Å². The molecule has 8 heteroatoms. The fourth-order valence-electron chi connectivity index (χ4n) is 1.47. The minimum Gasteiger partial charge on any atom is -0.457 e. The standard InChI is InChI=1S/C11H15Cl3INO3/c1-6-10(5-15,8(17)19-9(2,3)4)18-7(16-6)11(12,13)14/h6H,5H2,1-4H3/t6-,10+/m0/s1. The van der Waals surface area contributed by atoms with Crippen molar-refractivity contribution in [3.8, 4) is 0 Å². The van der Waals surface area contributed by atoms with Gasteiger partial charge in [-0.15, -0.1) is 0 Å². The van der Waals surface area contributed by atoms with Crippen molar-refractivity contribution in [3.05, 3.63) is 0 Å². The van der Waals surface area contributed by atoms with E-state index in [4.69, 9.17) is 44.3 Å². The molecule has 1 aliphatic rings. The first kappa shape index (κ1) is 17.6. The molecule has 110 valence electrons. The number of aliphatic imine (C=N–C) groups is 1. The number of carbonyl (C=O) groups excluding carboxylic acids is 1. The van der Waals surface area contributed by atoms with Crippen molar-refractivity contribution in [1.82, 2.24) is 0 Å². The predicted molar refractivity (Wildman–Crippen MR) is 85.7 cm³/mol. The maximum atomic E-state index is 12.3. The number of ether oxygens (including phenoxy) is 2. The third kappa shape index (κ3) is 4.02. The van der Waals surface area contributed by atoms with Gasteiger partial charge in [0.25, 0.3) is 3.79 Å². The van der Waals surface area contributed by atoms with Gasteiger partial charge in [-0.05, 0) is 27.7 Å². The lowest BCUT2D eigenvalue weighted by molar-refractivity contribution is -0.172. The van der Waals surface area contributed by atoms with Gasteiger partial charge in [0.05, 0.1) is 4.43 Å². The summed E-state index contributed by atoms with van der Waals surface area (Å²) in [6.45, 7) is 7.07. The zero-order valence-electron chi connectivity index (χ0n) is 11.0. The summed E-state index contributed by atoms with van der Waals surface area (Å²) < 4.78 is 9.48. The first-order valence-corrected chi connectivity index (χ1v) is 8.22. The van der Waals surface area contributed by atoms with E-state index in [1.807, 2.05) is 22.6 Å². The van der Waals surface area contributed by atoms with Crippen LogP contribution in [0, 0.1) is 0 Å². The third-order valence-electron chi connectivity index (χ3n) is 2.45. The monoisotopic (exact) mass is 441 g/mol. The van der Waals surface area contributed by atoms with Crippen LogP contribution in [0.1, 0.15) is 27.7 Å². The highest BCUT2D eigenvalue weighted by Gasteiger charge is 2.55. The number of esters is 1. The molecular formula is C11H15Cl3INO3. The Morgan fingerprint density at radius 2 is 2.00 bits per heavy atom. The van der Waals surface area contributed by atoms with Gasteiger partial charge < -0.3 is 9.47 Å². The molecule has 0 bridgehead atoms. The average molecular weight is 443 g/mol. The highest BCUT2D eigenvalue weighted by atomic mass is 127. The van der Waals surface area contributed by atoms with Crippen LogP contribution >= 0.6 is 57.4 Å². The molecule has 1 heterocycles. The van der Waals surface area contributed by atoms with Crippen molar-refractivity contribution < 1.29 is 14.3 Å². The smallest absolute Gasteiger partial charge is 0.354 e. The van der Waals surface area contributed by atoms with Crippen LogP contribution in [-0.2, 0) is 14.3 Å². The van der Waals surface area contributed by atoms with Crippen LogP contribution in [0.2, 0.25) is 0 Å². The molecule has 0 radical (unpaired) electrons. The first-order chi connectivity index (χ1) is 8.42.